The van der Waals surface area contributed by atoms with Crippen LogP contribution in [0.2, 0.25) is 0 Å². The number of nitrogens with one attached hydrogen (secondary N) is 3. The molecule has 12 heteroatoms. The van der Waals surface area contributed by atoms with Crippen LogP contribution >= 0.6 is 11.8 Å². The highest BCUT2D eigenvalue weighted by atomic mass is 32.2. The van der Waals surface area contributed by atoms with Crippen molar-refractivity contribution in [1.82, 2.24) is 16.0 Å². The van der Waals surface area contributed by atoms with E-state index in [0.29, 0.717) is 31.2 Å². The molecular formula is C20H39N5O6S. The standard InChI is InChI=1S/C10H23N3O3.C10H16N2O3S/c11-5-4-8(14)7-13-6-2-1-3-9(12)10(15)16;13-8(14)4-2-1-3-7-9-6(5-16-7)11-10(15)12-9/h8-9,13-14H,1-7,11-12H2,(H,15,16);6-7,9H,1-5H2,(H,13,14)(H2,11,12,15)/t8-,9-;6-,7-,9-/m00/s1. The van der Waals surface area contributed by atoms with Gasteiger partial charge >= 0.3 is 18.0 Å². The lowest BCUT2D eigenvalue weighted by Gasteiger charge is -2.16. The predicted molar refractivity (Wildman–Crippen MR) is 124 cm³/mol. The van der Waals surface area contributed by atoms with Gasteiger partial charge in [0.1, 0.15) is 6.04 Å². The minimum absolute atomic E-state index is 0.0640. The van der Waals surface area contributed by atoms with Crippen LogP contribution in [0.15, 0.2) is 0 Å². The molecule has 0 saturated carbocycles. The third kappa shape index (κ3) is 11.9. The monoisotopic (exact) mass is 477 g/mol. The second-order valence-electron chi connectivity index (χ2n) is 8.14. The molecule has 0 aromatic rings. The van der Waals surface area contributed by atoms with Gasteiger partial charge in [-0.15, -0.1) is 0 Å². The molecule has 0 spiro atoms. The van der Waals surface area contributed by atoms with E-state index in [4.69, 9.17) is 21.7 Å². The van der Waals surface area contributed by atoms with Crippen LogP contribution in [-0.2, 0) is 9.59 Å². The van der Waals surface area contributed by atoms with Crippen LogP contribution < -0.4 is 27.4 Å². The third-order valence-electron chi connectivity index (χ3n) is 5.38. The fraction of sp³-hybridized carbons (Fsp3) is 0.850. The first-order chi connectivity index (χ1) is 15.2. The molecule has 5 atom stereocenters. The molecule has 0 aromatic heterocycles. The van der Waals surface area contributed by atoms with Crippen molar-refractivity contribution in [2.24, 2.45) is 11.5 Å². The van der Waals surface area contributed by atoms with E-state index in [1.165, 1.54) is 0 Å². The Morgan fingerprint density at radius 3 is 2.56 bits per heavy atom. The van der Waals surface area contributed by atoms with E-state index in [1.807, 2.05) is 11.8 Å². The van der Waals surface area contributed by atoms with E-state index in [-0.39, 0.29) is 24.5 Å². The maximum absolute atomic E-state index is 11.1. The van der Waals surface area contributed by atoms with Gasteiger partial charge in [0.05, 0.1) is 18.2 Å². The van der Waals surface area contributed by atoms with Crippen molar-refractivity contribution in [3.63, 3.8) is 0 Å². The molecular weight excluding hydrogens is 438 g/mol. The zero-order chi connectivity index (χ0) is 23.9. The molecule has 0 aliphatic carbocycles. The molecule has 11 nitrogen and oxygen atoms in total. The number of carboxylic acids is 2. The zero-order valence-electron chi connectivity index (χ0n) is 18.5. The van der Waals surface area contributed by atoms with Gasteiger partial charge in [-0.05, 0) is 45.2 Å². The number of fused-ring (bicyclic) bond motifs is 1. The molecule has 2 heterocycles. The summed E-state index contributed by atoms with van der Waals surface area (Å²) in [6.45, 7) is 1.77. The summed E-state index contributed by atoms with van der Waals surface area (Å²) in [7, 11) is 0. The number of carbonyl (C=O) groups is 3. The van der Waals surface area contributed by atoms with Gasteiger partial charge in [0.25, 0.3) is 0 Å². The van der Waals surface area contributed by atoms with Crippen LogP contribution in [0.4, 0.5) is 4.79 Å². The summed E-state index contributed by atoms with van der Waals surface area (Å²) in [4.78, 5) is 31.9. The Morgan fingerprint density at radius 2 is 1.91 bits per heavy atom. The van der Waals surface area contributed by atoms with Gasteiger partial charge in [0.15, 0.2) is 0 Å². The number of hydrogen-bond donors (Lipinski definition) is 8. The van der Waals surface area contributed by atoms with E-state index in [2.05, 4.69) is 16.0 Å². The molecule has 2 fully saturated rings. The van der Waals surface area contributed by atoms with Gasteiger partial charge in [0.2, 0.25) is 0 Å². The number of hydrogen-bond acceptors (Lipinski definition) is 8. The van der Waals surface area contributed by atoms with Gasteiger partial charge in [-0.25, -0.2) is 4.79 Å². The SMILES string of the molecule is NCC[C@H](O)CNCCCC[C@H](N)C(=O)O.O=C(O)CCCC[C@@H]1SC[C@@H]2NC(=O)N[C@@H]21. The summed E-state index contributed by atoms with van der Waals surface area (Å²) < 4.78 is 0. The Hall–Kier alpha value is -1.60. The molecule has 2 amide bonds. The summed E-state index contributed by atoms with van der Waals surface area (Å²) in [5.74, 6) is -0.716. The van der Waals surface area contributed by atoms with E-state index in [0.717, 1.165) is 44.4 Å². The molecule has 0 unspecified atom stereocenters. The average molecular weight is 478 g/mol. The summed E-state index contributed by atoms with van der Waals surface area (Å²) in [5.41, 5.74) is 10.6. The highest BCUT2D eigenvalue weighted by Crippen LogP contribution is 2.33. The Bertz CT molecular complexity index is 585. The number of amides is 2. The lowest BCUT2D eigenvalue weighted by atomic mass is 10.0. The summed E-state index contributed by atoms with van der Waals surface area (Å²) in [6, 6.07) is -0.321. The molecule has 2 rings (SSSR count). The lowest BCUT2D eigenvalue weighted by Crippen LogP contribution is -2.36. The molecule has 10 N–H and O–H groups in total. The topological polar surface area (TPSA) is 200 Å². The fourth-order valence-electron chi connectivity index (χ4n) is 3.57. The van der Waals surface area contributed by atoms with Crippen LogP contribution in [0.25, 0.3) is 0 Å². The lowest BCUT2D eigenvalue weighted by molar-refractivity contribution is -0.139. The van der Waals surface area contributed by atoms with Crippen LogP contribution in [0.1, 0.15) is 51.4 Å². The molecule has 32 heavy (non-hydrogen) atoms. The minimum atomic E-state index is -0.952. The molecule has 2 aliphatic rings. The first-order valence-corrected chi connectivity index (χ1v) is 12.3. The number of carbonyl (C=O) groups excluding carboxylic acids is 1. The van der Waals surface area contributed by atoms with E-state index in [1.54, 1.807) is 0 Å². The minimum Gasteiger partial charge on any atom is -0.481 e. The van der Waals surface area contributed by atoms with E-state index >= 15 is 0 Å². The van der Waals surface area contributed by atoms with Gasteiger partial charge in [-0.3, -0.25) is 9.59 Å². The number of thioether (sulfide) groups is 1. The smallest absolute Gasteiger partial charge is 0.320 e. The maximum Gasteiger partial charge on any atom is 0.320 e. The summed E-state index contributed by atoms with van der Waals surface area (Å²) in [6.07, 6.45) is 5.19. The van der Waals surface area contributed by atoms with Crippen molar-refractivity contribution in [1.29, 1.82) is 0 Å². The summed E-state index contributed by atoms with van der Waals surface area (Å²) >= 11 is 1.87. The number of rotatable bonds is 15. The van der Waals surface area contributed by atoms with Crippen molar-refractivity contribution in [2.45, 2.75) is 80.8 Å². The average Bonchev–Trinajstić information content (AvgIpc) is 3.27. The highest BCUT2D eigenvalue weighted by Gasteiger charge is 2.42. The molecule has 2 aliphatic heterocycles. The molecule has 186 valence electrons. The van der Waals surface area contributed by atoms with E-state index < -0.39 is 24.1 Å². The van der Waals surface area contributed by atoms with E-state index in [9.17, 15) is 19.5 Å². The van der Waals surface area contributed by atoms with Gasteiger partial charge < -0.3 is 42.7 Å². The number of aliphatic hydroxyl groups excluding tert-OH is 1. The maximum atomic E-state index is 11.1. The van der Waals surface area contributed by atoms with Crippen LogP contribution in [0, 0.1) is 0 Å². The van der Waals surface area contributed by atoms with Crippen molar-refractivity contribution >= 4 is 29.7 Å². The number of carboxylic acid groups (broad SMARTS) is 2. The molecule has 0 radical (unpaired) electrons. The molecule has 0 aromatic carbocycles. The second-order valence-corrected chi connectivity index (χ2v) is 9.41. The van der Waals surface area contributed by atoms with Gasteiger partial charge in [-0.2, -0.15) is 11.8 Å². The Balaban J connectivity index is 0.000000320. The predicted octanol–water partition coefficient (Wildman–Crippen LogP) is -0.335. The normalized spacial score (nSPS) is 23.3. The number of nitrogens with two attached hydrogens (primary N) is 2. The Morgan fingerprint density at radius 1 is 1.16 bits per heavy atom. The first kappa shape index (κ1) is 28.4. The number of aliphatic carboxylic acids is 2. The largest absolute Gasteiger partial charge is 0.481 e. The quantitative estimate of drug-likeness (QED) is 0.114. The van der Waals surface area contributed by atoms with Gasteiger partial charge in [-0.1, -0.05) is 12.8 Å². The molecule has 2 saturated heterocycles. The fourth-order valence-corrected chi connectivity index (χ4v) is 5.11. The molecule has 0 bridgehead atoms. The Labute approximate surface area is 193 Å². The number of unbranched alkanes of at least 4 members (excludes halogenated alkanes) is 2. The zero-order valence-corrected chi connectivity index (χ0v) is 19.3. The Kier molecular flexibility index (Phi) is 14.3. The third-order valence-corrected chi connectivity index (χ3v) is 6.89. The number of urea groups is 1. The van der Waals surface area contributed by atoms with Crippen molar-refractivity contribution in [2.75, 3.05) is 25.4 Å². The summed E-state index contributed by atoms with van der Waals surface area (Å²) in [5, 5.41) is 35.7. The number of aliphatic hydroxyl groups is 1. The second kappa shape index (κ2) is 16.1. The van der Waals surface area contributed by atoms with Crippen molar-refractivity contribution in [3.05, 3.63) is 0 Å². The first-order valence-electron chi connectivity index (χ1n) is 11.2. The van der Waals surface area contributed by atoms with Crippen molar-refractivity contribution in [3.8, 4) is 0 Å². The van der Waals surface area contributed by atoms with Crippen LogP contribution in [0.3, 0.4) is 0 Å². The highest BCUT2D eigenvalue weighted by molar-refractivity contribution is 8.00. The van der Waals surface area contributed by atoms with Crippen LogP contribution in [0.5, 0.6) is 0 Å². The van der Waals surface area contributed by atoms with Crippen molar-refractivity contribution < 1.29 is 29.7 Å². The van der Waals surface area contributed by atoms with Crippen LogP contribution in [-0.4, -0.2) is 88.2 Å². The van der Waals surface area contributed by atoms with Gasteiger partial charge in [0, 0.05) is 24.0 Å².